The molecule has 1 aromatic heterocycles. The van der Waals surface area contributed by atoms with Crippen LogP contribution in [-0.4, -0.2) is 44.8 Å². The van der Waals surface area contributed by atoms with Crippen molar-refractivity contribution >= 4 is 5.91 Å². The fraction of sp³-hybridized carbons (Fsp3) is 0.444. The molecule has 5 heteroatoms. The number of aromatic nitrogens is 2. The van der Waals surface area contributed by atoms with Crippen LogP contribution in [0.2, 0.25) is 0 Å². The van der Waals surface area contributed by atoms with Crippen molar-refractivity contribution in [3.63, 3.8) is 0 Å². The van der Waals surface area contributed by atoms with Gasteiger partial charge in [0.1, 0.15) is 0 Å². The van der Waals surface area contributed by atoms with Crippen molar-refractivity contribution in [2.75, 3.05) is 13.1 Å². The lowest BCUT2D eigenvalue weighted by Crippen LogP contribution is -2.47. The summed E-state index contributed by atoms with van der Waals surface area (Å²) < 4.78 is 0. The van der Waals surface area contributed by atoms with Gasteiger partial charge in [0, 0.05) is 44.1 Å². The Balaban J connectivity index is 1.51. The van der Waals surface area contributed by atoms with Gasteiger partial charge in [0.25, 0.3) is 0 Å². The molecule has 2 bridgehead atoms. The Morgan fingerprint density at radius 2 is 2.00 bits per heavy atom. The van der Waals surface area contributed by atoms with Crippen LogP contribution in [0.15, 0.2) is 42.9 Å². The number of rotatable bonds is 4. The maximum Gasteiger partial charge on any atom is 0.227 e. The van der Waals surface area contributed by atoms with Crippen LogP contribution in [0.5, 0.6) is 0 Å². The van der Waals surface area contributed by atoms with Gasteiger partial charge in [0.05, 0.1) is 12.2 Å². The molecular weight excluding hydrogens is 288 g/mol. The molecule has 3 fully saturated rings. The molecule has 0 unspecified atom stereocenters. The van der Waals surface area contributed by atoms with Gasteiger partial charge in [-0.3, -0.25) is 9.69 Å². The average molecular weight is 310 g/mol. The molecule has 4 heterocycles. The van der Waals surface area contributed by atoms with E-state index in [4.69, 9.17) is 0 Å². The number of benzene rings is 1. The van der Waals surface area contributed by atoms with Gasteiger partial charge in [-0.25, -0.2) is 4.98 Å². The molecule has 5 rings (SSSR count). The van der Waals surface area contributed by atoms with E-state index >= 15 is 0 Å². The lowest BCUT2D eigenvalue weighted by Gasteiger charge is -2.36. The number of hydrogen-bond acceptors (Lipinski definition) is 3. The number of carbonyl (C=O) groups excluding carboxylic acids is 1. The zero-order valence-corrected chi connectivity index (χ0v) is 13.2. The van der Waals surface area contributed by atoms with Crippen LogP contribution in [0.3, 0.4) is 0 Å². The summed E-state index contributed by atoms with van der Waals surface area (Å²) in [6.45, 7) is 3.39. The third kappa shape index (κ3) is 3.01. The number of piperidine rings is 1. The summed E-state index contributed by atoms with van der Waals surface area (Å²) in [4.78, 5) is 24.6. The minimum atomic E-state index is 0.139. The second kappa shape index (κ2) is 6.16. The van der Waals surface area contributed by atoms with Gasteiger partial charge in [-0.05, 0) is 18.4 Å². The number of hydrogen-bond donors (Lipinski definition) is 1. The van der Waals surface area contributed by atoms with Crippen LogP contribution in [0.25, 0.3) is 0 Å². The Hall–Kier alpha value is -2.14. The molecule has 0 radical (unpaired) electrons. The van der Waals surface area contributed by atoms with Crippen molar-refractivity contribution in [1.82, 2.24) is 19.8 Å². The Labute approximate surface area is 136 Å². The summed E-state index contributed by atoms with van der Waals surface area (Å²) in [5.74, 6) is 0.470. The van der Waals surface area contributed by atoms with E-state index in [9.17, 15) is 4.79 Å². The fourth-order valence-corrected chi connectivity index (χ4v) is 3.86. The number of nitrogens with zero attached hydrogens (tertiary/aromatic N) is 3. The van der Waals surface area contributed by atoms with Crippen LogP contribution in [0.1, 0.15) is 24.1 Å². The van der Waals surface area contributed by atoms with Crippen LogP contribution >= 0.6 is 0 Å². The fourth-order valence-electron chi connectivity index (χ4n) is 3.86. The number of aromatic amines is 1. The minimum Gasteiger partial charge on any atom is -0.347 e. The van der Waals surface area contributed by atoms with Crippen LogP contribution in [0, 0.1) is 5.92 Å². The molecule has 3 saturated heterocycles. The van der Waals surface area contributed by atoms with E-state index < -0.39 is 0 Å². The zero-order chi connectivity index (χ0) is 15.6. The number of H-pyrrole nitrogens is 1. The summed E-state index contributed by atoms with van der Waals surface area (Å²) in [5.41, 5.74) is 2.34. The first-order valence-corrected chi connectivity index (χ1v) is 8.33. The van der Waals surface area contributed by atoms with Gasteiger partial charge in [0.2, 0.25) is 5.91 Å². The molecule has 5 nitrogen and oxygen atoms in total. The van der Waals surface area contributed by atoms with Crippen molar-refractivity contribution < 1.29 is 4.79 Å². The van der Waals surface area contributed by atoms with Crippen molar-refractivity contribution in [3.8, 4) is 0 Å². The Morgan fingerprint density at radius 1 is 1.13 bits per heavy atom. The summed E-state index contributed by atoms with van der Waals surface area (Å²) in [6.07, 6.45) is 5.72. The average Bonchev–Trinajstić information content (AvgIpc) is 2.94. The lowest BCUT2D eigenvalue weighted by molar-refractivity contribution is -0.140. The lowest BCUT2D eigenvalue weighted by atomic mass is 9.93. The van der Waals surface area contributed by atoms with Gasteiger partial charge in [-0.1, -0.05) is 30.3 Å². The van der Waals surface area contributed by atoms with E-state index in [-0.39, 0.29) is 5.92 Å². The summed E-state index contributed by atoms with van der Waals surface area (Å²) in [5, 5.41) is 0. The van der Waals surface area contributed by atoms with Gasteiger partial charge in [-0.15, -0.1) is 0 Å². The van der Waals surface area contributed by atoms with Gasteiger partial charge in [-0.2, -0.15) is 0 Å². The smallest absolute Gasteiger partial charge is 0.227 e. The number of carbonyl (C=O) groups is 1. The van der Waals surface area contributed by atoms with Gasteiger partial charge in [0.15, 0.2) is 0 Å². The molecule has 120 valence electrons. The Bertz CT molecular complexity index is 655. The number of imidazole rings is 1. The SMILES string of the molecule is O=C1[C@H]2CC[C@H](CN(Cc3cnc[nH]3)C2)N1Cc1ccccc1. The minimum absolute atomic E-state index is 0.139. The highest BCUT2D eigenvalue weighted by atomic mass is 16.2. The van der Waals surface area contributed by atoms with Crippen molar-refractivity contribution in [2.24, 2.45) is 5.92 Å². The highest BCUT2D eigenvalue weighted by Gasteiger charge is 2.40. The maximum absolute atomic E-state index is 12.8. The van der Waals surface area contributed by atoms with Crippen molar-refractivity contribution in [2.45, 2.75) is 32.0 Å². The first-order valence-electron chi connectivity index (χ1n) is 8.33. The van der Waals surface area contributed by atoms with E-state index in [1.807, 2.05) is 24.4 Å². The van der Waals surface area contributed by atoms with E-state index in [1.54, 1.807) is 6.33 Å². The van der Waals surface area contributed by atoms with E-state index in [2.05, 4.69) is 31.9 Å². The molecular formula is C18H22N4O. The molecule has 1 aromatic carbocycles. The number of nitrogens with one attached hydrogen (secondary N) is 1. The topological polar surface area (TPSA) is 52.2 Å². The van der Waals surface area contributed by atoms with Crippen molar-refractivity contribution in [1.29, 1.82) is 0 Å². The molecule has 1 amide bonds. The molecule has 3 aliphatic heterocycles. The van der Waals surface area contributed by atoms with Crippen LogP contribution in [0.4, 0.5) is 0 Å². The Morgan fingerprint density at radius 3 is 2.78 bits per heavy atom. The molecule has 1 N–H and O–H groups in total. The predicted molar refractivity (Wildman–Crippen MR) is 87.4 cm³/mol. The second-order valence-electron chi connectivity index (χ2n) is 6.65. The predicted octanol–water partition coefficient (Wildman–Crippen LogP) is 2.03. The Kier molecular flexibility index (Phi) is 3.87. The van der Waals surface area contributed by atoms with Gasteiger partial charge < -0.3 is 9.88 Å². The maximum atomic E-state index is 12.8. The molecule has 0 spiro atoms. The van der Waals surface area contributed by atoms with Gasteiger partial charge >= 0.3 is 0 Å². The summed E-state index contributed by atoms with van der Waals surface area (Å²) >= 11 is 0. The molecule has 0 aliphatic carbocycles. The zero-order valence-electron chi connectivity index (χ0n) is 13.2. The normalized spacial score (nSPS) is 24.9. The number of fused-ring (bicyclic) bond motifs is 4. The monoisotopic (exact) mass is 310 g/mol. The van der Waals surface area contributed by atoms with E-state index in [0.29, 0.717) is 11.9 Å². The third-order valence-corrected chi connectivity index (χ3v) is 5.01. The largest absolute Gasteiger partial charge is 0.347 e. The second-order valence-corrected chi connectivity index (χ2v) is 6.65. The molecule has 2 atom stereocenters. The molecule has 3 aliphatic rings. The molecule has 2 aromatic rings. The number of amides is 1. The quantitative estimate of drug-likeness (QED) is 0.940. The third-order valence-electron chi connectivity index (χ3n) is 5.01. The first kappa shape index (κ1) is 14.5. The van der Waals surface area contributed by atoms with Crippen LogP contribution in [-0.2, 0) is 17.9 Å². The molecule has 23 heavy (non-hydrogen) atoms. The highest BCUT2D eigenvalue weighted by Crippen LogP contribution is 2.30. The van der Waals surface area contributed by atoms with E-state index in [0.717, 1.165) is 44.7 Å². The summed E-state index contributed by atoms with van der Waals surface area (Å²) in [7, 11) is 0. The highest BCUT2D eigenvalue weighted by molar-refractivity contribution is 5.80. The van der Waals surface area contributed by atoms with Crippen molar-refractivity contribution in [3.05, 3.63) is 54.1 Å². The van der Waals surface area contributed by atoms with Crippen LogP contribution < -0.4 is 0 Å². The molecule has 0 saturated carbocycles. The first-order chi connectivity index (χ1) is 11.3. The van der Waals surface area contributed by atoms with E-state index in [1.165, 1.54) is 5.56 Å². The standard InChI is InChI=1S/C18H22N4O/c23-18-15-6-7-17(22(18)9-14-4-2-1-3-5-14)12-21(10-15)11-16-8-19-13-20-16/h1-5,8,13,15,17H,6-7,9-12H2,(H,19,20)/t15-,17+/m0/s1. The summed E-state index contributed by atoms with van der Waals surface area (Å²) in [6, 6.07) is 10.6.